The zero-order chi connectivity index (χ0) is 15.5. The molecule has 0 saturated carbocycles. The van der Waals surface area contributed by atoms with E-state index in [1.54, 1.807) is 11.3 Å². The summed E-state index contributed by atoms with van der Waals surface area (Å²) in [7, 11) is 0. The summed E-state index contributed by atoms with van der Waals surface area (Å²) < 4.78 is 4.07. The number of fused-ring (bicyclic) bond motifs is 2. The van der Waals surface area contributed by atoms with E-state index in [-0.39, 0.29) is 5.41 Å². The summed E-state index contributed by atoms with van der Waals surface area (Å²) >= 11 is 1.63. The first-order valence-electron chi connectivity index (χ1n) is 7.42. The van der Waals surface area contributed by atoms with Crippen LogP contribution < -0.4 is 4.90 Å². The Morgan fingerprint density at radius 3 is 2.73 bits per heavy atom. The third-order valence-electron chi connectivity index (χ3n) is 4.01. The van der Waals surface area contributed by atoms with E-state index >= 15 is 0 Å². The van der Waals surface area contributed by atoms with E-state index < -0.39 is 0 Å². The Bertz CT molecular complexity index is 804. The number of aryl methyl sites for hydroxylation is 1. The monoisotopic (exact) mass is 317 g/mol. The van der Waals surface area contributed by atoms with Crippen molar-refractivity contribution < 1.29 is 0 Å². The number of imidazole rings is 1. The molecule has 0 spiro atoms. The molecule has 0 N–H and O–H groups in total. The van der Waals surface area contributed by atoms with Crippen molar-refractivity contribution in [2.75, 3.05) is 11.4 Å². The summed E-state index contributed by atoms with van der Waals surface area (Å²) in [5.74, 6) is 1.99. The average Bonchev–Trinajstić information content (AvgIpc) is 3.10. The van der Waals surface area contributed by atoms with Gasteiger partial charge in [0, 0.05) is 18.5 Å². The maximum absolute atomic E-state index is 4.71. The van der Waals surface area contributed by atoms with Crippen LogP contribution in [-0.2, 0) is 18.5 Å². The van der Waals surface area contributed by atoms with Crippen LogP contribution in [0.15, 0.2) is 6.20 Å². The van der Waals surface area contributed by atoms with Gasteiger partial charge in [0.15, 0.2) is 5.82 Å². The van der Waals surface area contributed by atoms with Gasteiger partial charge in [0.25, 0.3) is 0 Å². The quantitative estimate of drug-likeness (QED) is 0.687. The molecule has 4 rings (SSSR count). The largest absolute Gasteiger partial charge is 0.337 e. The van der Waals surface area contributed by atoms with Gasteiger partial charge in [0.05, 0.1) is 18.4 Å². The minimum Gasteiger partial charge on any atom is -0.337 e. The van der Waals surface area contributed by atoms with E-state index in [0.717, 1.165) is 47.1 Å². The second-order valence-electron chi connectivity index (χ2n) is 6.72. The van der Waals surface area contributed by atoms with Gasteiger partial charge in [-0.25, -0.2) is 9.50 Å². The van der Waals surface area contributed by atoms with Gasteiger partial charge in [0.2, 0.25) is 10.1 Å². The second kappa shape index (κ2) is 4.52. The lowest BCUT2D eigenvalue weighted by molar-refractivity contribution is 0.548. The molecule has 8 heteroatoms. The van der Waals surface area contributed by atoms with Crippen LogP contribution in [0.25, 0.3) is 4.96 Å². The van der Waals surface area contributed by atoms with Gasteiger partial charge in [-0.2, -0.15) is 0 Å². The molecule has 0 radical (unpaired) electrons. The van der Waals surface area contributed by atoms with Crippen LogP contribution in [0.5, 0.6) is 0 Å². The Morgan fingerprint density at radius 2 is 2.00 bits per heavy atom. The first-order chi connectivity index (χ1) is 10.4. The molecule has 3 aromatic heterocycles. The standard InChI is InChI=1S/C14H19N7S/c1-9-16-17-11-8-19(5-6-20(9)11)13-18-21-7-10(14(2,3)4)15-12(21)22-13/h7H,5-6,8H2,1-4H3. The highest BCUT2D eigenvalue weighted by Crippen LogP contribution is 2.29. The smallest absolute Gasteiger partial charge is 0.214 e. The zero-order valence-corrected chi connectivity index (χ0v) is 14.1. The number of rotatable bonds is 1. The first kappa shape index (κ1) is 13.7. The molecule has 4 heterocycles. The molecule has 0 atom stereocenters. The molecular weight excluding hydrogens is 298 g/mol. The zero-order valence-electron chi connectivity index (χ0n) is 13.2. The van der Waals surface area contributed by atoms with Crippen molar-refractivity contribution in [2.24, 2.45) is 0 Å². The lowest BCUT2D eigenvalue weighted by atomic mass is 9.93. The molecule has 1 aliphatic rings. The normalized spacial score (nSPS) is 15.5. The van der Waals surface area contributed by atoms with E-state index in [0.29, 0.717) is 0 Å². The fourth-order valence-corrected chi connectivity index (χ4v) is 3.55. The average molecular weight is 317 g/mol. The van der Waals surface area contributed by atoms with Crippen molar-refractivity contribution in [1.29, 1.82) is 0 Å². The highest BCUT2D eigenvalue weighted by molar-refractivity contribution is 7.20. The maximum atomic E-state index is 4.71. The fraction of sp³-hybridized carbons (Fsp3) is 0.571. The number of hydrogen-bond acceptors (Lipinski definition) is 6. The third kappa shape index (κ3) is 2.09. The Labute approximate surface area is 132 Å². The van der Waals surface area contributed by atoms with Crippen LogP contribution in [0.2, 0.25) is 0 Å². The van der Waals surface area contributed by atoms with Gasteiger partial charge in [-0.3, -0.25) is 0 Å². The van der Waals surface area contributed by atoms with Crippen LogP contribution in [0.3, 0.4) is 0 Å². The molecule has 7 nitrogen and oxygen atoms in total. The van der Waals surface area contributed by atoms with Gasteiger partial charge in [-0.1, -0.05) is 32.1 Å². The maximum Gasteiger partial charge on any atom is 0.214 e. The third-order valence-corrected chi connectivity index (χ3v) is 4.99. The highest BCUT2D eigenvalue weighted by atomic mass is 32.1. The van der Waals surface area contributed by atoms with Crippen LogP contribution in [0.1, 0.15) is 38.1 Å². The summed E-state index contributed by atoms with van der Waals surface area (Å²) in [6, 6.07) is 0. The van der Waals surface area contributed by atoms with Crippen molar-refractivity contribution in [3.05, 3.63) is 23.5 Å². The lowest BCUT2D eigenvalue weighted by Crippen LogP contribution is -2.34. The molecule has 22 heavy (non-hydrogen) atoms. The van der Waals surface area contributed by atoms with Crippen molar-refractivity contribution in [3.63, 3.8) is 0 Å². The predicted molar refractivity (Wildman–Crippen MR) is 85.4 cm³/mol. The summed E-state index contributed by atoms with van der Waals surface area (Å²) in [6.45, 7) is 11.1. The van der Waals surface area contributed by atoms with E-state index in [9.17, 15) is 0 Å². The van der Waals surface area contributed by atoms with Gasteiger partial charge in [-0.05, 0) is 6.92 Å². The molecular formula is C14H19N7S. The van der Waals surface area contributed by atoms with Gasteiger partial charge < -0.3 is 9.47 Å². The summed E-state index contributed by atoms with van der Waals surface area (Å²) in [5.41, 5.74) is 1.12. The molecule has 0 amide bonds. The van der Waals surface area contributed by atoms with Crippen LogP contribution in [0, 0.1) is 6.92 Å². The minimum atomic E-state index is 0.0483. The van der Waals surface area contributed by atoms with Gasteiger partial charge in [0.1, 0.15) is 5.82 Å². The fourth-order valence-electron chi connectivity index (χ4n) is 2.65. The van der Waals surface area contributed by atoms with E-state index in [4.69, 9.17) is 10.1 Å². The summed E-state index contributed by atoms with van der Waals surface area (Å²) in [4.78, 5) is 7.90. The van der Waals surface area contributed by atoms with Gasteiger partial charge in [-0.15, -0.1) is 15.3 Å². The molecule has 0 fully saturated rings. The topological polar surface area (TPSA) is 64.1 Å². The summed E-state index contributed by atoms with van der Waals surface area (Å²) in [6.07, 6.45) is 2.03. The molecule has 0 unspecified atom stereocenters. The molecule has 0 saturated heterocycles. The van der Waals surface area contributed by atoms with Crippen LogP contribution >= 0.6 is 11.3 Å². The Kier molecular flexibility index (Phi) is 2.81. The van der Waals surface area contributed by atoms with Gasteiger partial charge >= 0.3 is 0 Å². The number of anilines is 1. The molecule has 0 aliphatic carbocycles. The summed E-state index contributed by atoms with van der Waals surface area (Å²) in [5, 5.41) is 14.1. The van der Waals surface area contributed by atoms with Crippen molar-refractivity contribution >= 4 is 21.4 Å². The Morgan fingerprint density at radius 1 is 1.18 bits per heavy atom. The SMILES string of the molecule is Cc1nnc2n1CCN(c1nn3cc(C(C)(C)C)nc3s1)C2. The van der Waals surface area contributed by atoms with E-state index in [1.807, 2.05) is 17.6 Å². The first-order valence-corrected chi connectivity index (χ1v) is 8.24. The van der Waals surface area contributed by atoms with Crippen LogP contribution in [0.4, 0.5) is 5.13 Å². The van der Waals surface area contributed by atoms with E-state index in [1.165, 1.54) is 0 Å². The van der Waals surface area contributed by atoms with Crippen molar-refractivity contribution in [1.82, 2.24) is 29.4 Å². The molecule has 0 bridgehead atoms. The Hall–Kier alpha value is -1.96. The lowest BCUT2D eigenvalue weighted by Gasteiger charge is -2.26. The highest BCUT2D eigenvalue weighted by Gasteiger charge is 2.24. The van der Waals surface area contributed by atoms with E-state index in [2.05, 4.69) is 40.4 Å². The predicted octanol–water partition coefficient (Wildman–Crippen LogP) is 2.01. The molecule has 3 aromatic rings. The van der Waals surface area contributed by atoms with Crippen molar-refractivity contribution in [3.8, 4) is 0 Å². The number of nitrogens with zero attached hydrogens (tertiary/aromatic N) is 7. The van der Waals surface area contributed by atoms with Crippen LogP contribution in [-0.4, -0.2) is 35.9 Å². The van der Waals surface area contributed by atoms with Crippen molar-refractivity contribution in [2.45, 2.75) is 46.2 Å². The molecule has 0 aromatic carbocycles. The molecule has 116 valence electrons. The molecule has 1 aliphatic heterocycles. The number of aromatic nitrogens is 6. The minimum absolute atomic E-state index is 0.0483. The number of hydrogen-bond donors (Lipinski definition) is 0. The second-order valence-corrected chi connectivity index (χ2v) is 7.66. The Balaban J connectivity index is 1.64.